The number of carbonyl (C=O) groups is 1. The van der Waals surface area contributed by atoms with Gasteiger partial charge in [-0.3, -0.25) is 9.69 Å². The summed E-state index contributed by atoms with van der Waals surface area (Å²) in [6.07, 6.45) is 3.61. The molecule has 22 heavy (non-hydrogen) atoms. The van der Waals surface area contributed by atoms with E-state index in [2.05, 4.69) is 19.2 Å². The molecule has 0 bridgehead atoms. The number of benzene rings is 1. The van der Waals surface area contributed by atoms with Crippen molar-refractivity contribution in [3.63, 3.8) is 0 Å². The number of rotatable bonds is 5. The number of carbonyl (C=O) groups excluding carboxylic acids is 1. The highest BCUT2D eigenvalue weighted by Crippen LogP contribution is 2.29. The first-order valence-corrected chi connectivity index (χ1v) is 8.56. The maximum Gasteiger partial charge on any atom is 0.234 e. The monoisotopic (exact) mass is 322 g/mol. The lowest BCUT2D eigenvalue weighted by atomic mass is 9.78. The van der Waals surface area contributed by atoms with Gasteiger partial charge in [0.2, 0.25) is 5.91 Å². The normalized spacial score (nSPS) is 25.2. The molecule has 0 heterocycles. The van der Waals surface area contributed by atoms with Crippen molar-refractivity contribution < 1.29 is 4.79 Å². The van der Waals surface area contributed by atoms with Crippen LogP contribution in [0.3, 0.4) is 0 Å². The fourth-order valence-electron chi connectivity index (χ4n) is 3.24. The summed E-state index contributed by atoms with van der Waals surface area (Å²) < 4.78 is 0. The molecule has 0 aromatic heterocycles. The highest BCUT2D eigenvalue weighted by Gasteiger charge is 2.28. The quantitative estimate of drug-likeness (QED) is 0.896. The molecule has 1 aliphatic carbocycles. The lowest BCUT2D eigenvalue weighted by molar-refractivity contribution is -0.123. The van der Waals surface area contributed by atoms with Gasteiger partial charge in [-0.15, -0.1) is 0 Å². The zero-order chi connectivity index (χ0) is 16.1. The molecule has 2 rings (SSSR count). The number of nitrogens with one attached hydrogen (secondary N) is 1. The molecule has 3 atom stereocenters. The van der Waals surface area contributed by atoms with E-state index in [1.165, 1.54) is 18.4 Å². The average molecular weight is 323 g/mol. The molecular weight excluding hydrogens is 296 g/mol. The summed E-state index contributed by atoms with van der Waals surface area (Å²) in [6, 6.07) is 8.11. The van der Waals surface area contributed by atoms with E-state index in [0.29, 0.717) is 24.4 Å². The van der Waals surface area contributed by atoms with Crippen LogP contribution in [0.2, 0.25) is 5.02 Å². The average Bonchev–Trinajstić information content (AvgIpc) is 2.46. The van der Waals surface area contributed by atoms with Crippen LogP contribution in [0, 0.1) is 11.8 Å². The minimum atomic E-state index is 0.127. The summed E-state index contributed by atoms with van der Waals surface area (Å²) in [6.45, 7) is 5.73. The number of halogens is 1. The van der Waals surface area contributed by atoms with Gasteiger partial charge < -0.3 is 5.32 Å². The van der Waals surface area contributed by atoms with E-state index >= 15 is 0 Å². The number of likely N-dealkylation sites (N-methyl/N-ethyl adjacent to an activating group) is 1. The third kappa shape index (κ3) is 4.99. The lowest BCUT2D eigenvalue weighted by Crippen LogP contribution is -2.46. The van der Waals surface area contributed by atoms with Gasteiger partial charge in [0, 0.05) is 17.6 Å². The minimum absolute atomic E-state index is 0.127. The van der Waals surface area contributed by atoms with Crippen LogP contribution in [0.15, 0.2) is 24.3 Å². The van der Waals surface area contributed by atoms with Crippen molar-refractivity contribution >= 4 is 17.5 Å². The Labute approximate surface area is 139 Å². The Kier molecular flexibility index (Phi) is 6.27. The van der Waals surface area contributed by atoms with E-state index in [1.54, 1.807) is 0 Å². The van der Waals surface area contributed by atoms with Crippen molar-refractivity contribution in [2.45, 2.75) is 45.7 Å². The molecule has 1 N–H and O–H groups in total. The van der Waals surface area contributed by atoms with Gasteiger partial charge in [-0.25, -0.2) is 0 Å². The molecule has 4 heteroatoms. The van der Waals surface area contributed by atoms with Gasteiger partial charge in [0.1, 0.15) is 0 Å². The Morgan fingerprint density at radius 1 is 1.27 bits per heavy atom. The molecule has 0 radical (unpaired) electrons. The Hall–Kier alpha value is -1.06. The second-order valence-electron chi connectivity index (χ2n) is 6.74. The van der Waals surface area contributed by atoms with Crippen molar-refractivity contribution in [1.29, 1.82) is 0 Å². The number of amides is 1. The van der Waals surface area contributed by atoms with Gasteiger partial charge in [-0.1, -0.05) is 50.4 Å². The molecule has 1 aromatic carbocycles. The molecule has 3 unspecified atom stereocenters. The molecule has 1 fully saturated rings. The Balaban J connectivity index is 1.79. The van der Waals surface area contributed by atoms with Crippen LogP contribution in [0.5, 0.6) is 0 Å². The fraction of sp³-hybridized carbons (Fsp3) is 0.611. The fourth-order valence-corrected chi connectivity index (χ4v) is 3.37. The van der Waals surface area contributed by atoms with Crippen LogP contribution in [-0.2, 0) is 11.3 Å². The molecule has 0 spiro atoms. The van der Waals surface area contributed by atoms with Crippen LogP contribution in [0.4, 0.5) is 0 Å². The topological polar surface area (TPSA) is 32.3 Å². The molecular formula is C18H27ClN2O. The summed E-state index contributed by atoms with van der Waals surface area (Å²) in [5.41, 5.74) is 1.17. The summed E-state index contributed by atoms with van der Waals surface area (Å²) in [4.78, 5) is 14.3. The van der Waals surface area contributed by atoms with Crippen molar-refractivity contribution in [3.8, 4) is 0 Å². The molecule has 1 aliphatic rings. The van der Waals surface area contributed by atoms with E-state index in [1.807, 2.05) is 36.2 Å². The smallest absolute Gasteiger partial charge is 0.234 e. The Bertz CT molecular complexity index is 488. The second kappa shape index (κ2) is 7.98. The number of nitrogens with zero attached hydrogens (tertiary/aromatic N) is 1. The second-order valence-corrected chi connectivity index (χ2v) is 7.18. The molecule has 3 nitrogen and oxygen atoms in total. The third-order valence-corrected chi connectivity index (χ3v) is 5.08. The third-order valence-electron chi connectivity index (χ3n) is 4.83. The van der Waals surface area contributed by atoms with Crippen LogP contribution < -0.4 is 5.32 Å². The molecule has 1 saturated carbocycles. The maximum absolute atomic E-state index is 12.2. The van der Waals surface area contributed by atoms with Crippen molar-refractivity contribution in [2.75, 3.05) is 13.6 Å². The van der Waals surface area contributed by atoms with Gasteiger partial charge >= 0.3 is 0 Å². The molecule has 0 aliphatic heterocycles. The summed E-state index contributed by atoms with van der Waals surface area (Å²) in [5, 5.41) is 3.96. The largest absolute Gasteiger partial charge is 0.352 e. The minimum Gasteiger partial charge on any atom is -0.352 e. The van der Waals surface area contributed by atoms with E-state index < -0.39 is 0 Å². The molecule has 122 valence electrons. The highest BCUT2D eigenvalue weighted by atomic mass is 35.5. The first kappa shape index (κ1) is 17.3. The Morgan fingerprint density at radius 3 is 2.64 bits per heavy atom. The van der Waals surface area contributed by atoms with E-state index in [9.17, 15) is 4.79 Å². The van der Waals surface area contributed by atoms with Crippen molar-refractivity contribution in [1.82, 2.24) is 10.2 Å². The van der Waals surface area contributed by atoms with Gasteiger partial charge in [-0.05, 0) is 43.0 Å². The number of hydrogen-bond donors (Lipinski definition) is 1. The zero-order valence-electron chi connectivity index (χ0n) is 13.8. The van der Waals surface area contributed by atoms with Crippen LogP contribution in [0.25, 0.3) is 0 Å². The zero-order valence-corrected chi connectivity index (χ0v) is 14.6. The summed E-state index contributed by atoms with van der Waals surface area (Å²) in [5.74, 6) is 1.40. The van der Waals surface area contributed by atoms with Gasteiger partial charge in [0.15, 0.2) is 0 Å². The lowest BCUT2D eigenvalue weighted by Gasteiger charge is -2.35. The van der Waals surface area contributed by atoms with E-state index in [-0.39, 0.29) is 5.91 Å². The van der Waals surface area contributed by atoms with Crippen LogP contribution in [-0.4, -0.2) is 30.4 Å². The van der Waals surface area contributed by atoms with Crippen LogP contribution >= 0.6 is 11.6 Å². The predicted octanol–water partition coefficient (Wildman–Crippen LogP) is 3.71. The number of hydrogen-bond acceptors (Lipinski definition) is 2. The SMILES string of the molecule is CC1CCCC(NC(=O)CN(C)Cc2ccc(Cl)cc2)C1C. The predicted molar refractivity (Wildman–Crippen MR) is 91.9 cm³/mol. The molecule has 1 aromatic rings. The van der Waals surface area contributed by atoms with E-state index in [4.69, 9.17) is 11.6 Å². The molecule has 0 saturated heterocycles. The maximum atomic E-state index is 12.2. The molecule has 1 amide bonds. The van der Waals surface area contributed by atoms with Gasteiger partial charge in [0.05, 0.1) is 6.54 Å². The first-order chi connectivity index (χ1) is 10.5. The highest BCUT2D eigenvalue weighted by molar-refractivity contribution is 6.30. The van der Waals surface area contributed by atoms with Crippen molar-refractivity contribution in [3.05, 3.63) is 34.9 Å². The Morgan fingerprint density at radius 2 is 1.95 bits per heavy atom. The van der Waals surface area contributed by atoms with Crippen molar-refractivity contribution in [2.24, 2.45) is 11.8 Å². The van der Waals surface area contributed by atoms with Crippen LogP contribution in [0.1, 0.15) is 38.7 Å². The standard InChI is InChI=1S/C18H27ClN2O/c1-13-5-4-6-17(14(13)2)20-18(22)12-21(3)11-15-7-9-16(19)10-8-15/h7-10,13-14,17H,4-6,11-12H2,1-3H3,(H,20,22). The first-order valence-electron chi connectivity index (χ1n) is 8.18. The van der Waals surface area contributed by atoms with Gasteiger partial charge in [-0.2, -0.15) is 0 Å². The van der Waals surface area contributed by atoms with Gasteiger partial charge in [0.25, 0.3) is 0 Å². The van der Waals surface area contributed by atoms with E-state index in [0.717, 1.165) is 18.0 Å². The summed E-state index contributed by atoms with van der Waals surface area (Å²) in [7, 11) is 1.97. The summed E-state index contributed by atoms with van der Waals surface area (Å²) >= 11 is 5.89.